The van der Waals surface area contributed by atoms with Gasteiger partial charge in [-0.25, -0.2) is 0 Å². The van der Waals surface area contributed by atoms with Crippen molar-refractivity contribution in [3.8, 4) is 0 Å². The minimum absolute atomic E-state index is 0.00790. The van der Waals surface area contributed by atoms with E-state index in [1.165, 1.54) is 0 Å². The van der Waals surface area contributed by atoms with Crippen molar-refractivity contribution in [2.24, 2.45) is 5.41 Å². The summed E-state index contributed by atoms with van der Waals surface area (Å²) in [7, 11) is 0. The number of aliphatic carboxylic acids is 2. The molecule has 2 N–H and O–H groups in total. The highest BCUT2D eigenvalue weighted by molar-refractivity contribution is 5.76. The second-order valence-electron chi connectivity index (χ2n) is 5.10. The number of hydrogen-bond donors (Lipinski definition) is 2. The van der Waals surface area contributed by atoms with E-state index in [9.17, 15) is 24.3 Å². The molecule has 0 saturated carbocycles. The highest BCUT2D eigenvalue weighted by atomic mass is 16.5. The molecule has 0 aromatic heterocycles. The molecule has 22 heavy (non-hydrogen) atoms. The van der Waals surface area contributed by atoms with Crippen molar-refractivity contribution in [3.05, 3.63) is 0 Å². The molecule has 126 valence electrons. The van der Waals surface area contributed by atoms with Crippen LogP contribution in [0.4, 0.5) is 0 Å². The SMILES string of the molecule is CC(=O)OCC(CCCCCC(=O)O)(COC(C)=O)C(=O)O. The fourth-order valence-corrected chi connectivity index (χ4v) is 1.81. The number of carbonyl (C=O) groups excluding carboxylic acids is 2. The average molecular weight is 318 g/mol. The van der Waals surface area contributed by atoms with Gasteiger partial charge in [0.2, 0.25) is 0 Å². The third-order valence-electron chi connectivity index (χ3n) is 3.10. The molecular formula is C14H22O8. The molecule has 0 amide bonds. The first-order chi connectivity index (χ1) is 10.2. The molecule has 0 unspecified atom stereocenters. The predicted octanol–water partition coefficient (Wildman–Crippen LogP) is 1.22. The molecule has 0 spiro atoms. The van der Waals surface area contributed by atoms with Gasteiger partial charge in [-0.2, -0.15) is 0 Å². The lowest BCUT2D eigenvalue weighted by Gasteiger charge is -2.28. The van der Waals surface area contributed by atoms with Crippen LogP contribution in [0.3, 0.4) is 0 Å². The van der Waals surface area contributed by atoms with Crippen LogP contribution in [-0.2, 0) is 28.7 Å². The van der Waals surface area contributed by atoms with Gasteiger partial charge < -0.3 is 19.7 Å². The Kier molecular flexibility index (Phi) is 8.81. The fourth-order valence-electron chi connectivity index (χ4n) is 1.81. The Morgan fingerprint density at radius 2 is 1.36 bits per heavy atom. The van der Waals surface area contributed by atoms with Crippen LogP contribution >= 0.6 is 0 Å². The van der Waals surface area contributed by atoms with E-state index in [2.05, 4.69) is 0 Å². The third-order valence-corrected chi connectivity index (χ3v) is 3.10. The molecule has 0 atom stereocenters. The van der Waals surface area contributed by atoms with Gasteiger partial charge in [-0.15, -0.1) is 0 Å². The normalized spacial score (nSPS) is 10.8. The molecular weight excluding hydrogens is 296 g/mol. The number of hydrogen-bond acceptors (Lipinski definition) is 6. The molecule has 0 saturated heterocycles. The Labute approximate surface area is 128 Å². The molecule has 0 heterocycles. The van der Waals surface area contributed by atoms with Crippen LogP contribution in [0.2, 0.25) is 0 Å². The zero-order valence-electron chi connectivity index (χ0n) is 12.8. The van der Waals surface area contributed by atoms with E-state index in [4.69, 9.17) is 14.6 Å². The summed E-state index contributed by atoms with van der Waals surface area (Å²) in [5.41, 5.74) is -1.51. The summed E-state index contributed by atoms with van der Waals surface area (Å²) in [4.78, 5) is 43.8. The second kappa shape index (κ2) is 9.75. The number of carboxylic acids is 2. The van der Waals surface area contributed by atoms with Crippen molar-refractivity contribution in [1.82, 2.24) is 0 Å². The average Bonchev–Trinajstić information content (AvgIpc) is 2.39. The van der Waals surface area contributed by atoms with Gasteiger partial charge in [-0.05, 0) is 12.8 Å². The number of carbonyl (C=O) groups is 4. The van der Waals surface area contributed by atoms with E-state index in [0.717, 1.165) is 13.8 Å². The zero-order valence-corrected chi connectivity index (χ0v) is 12.8. The molecule has 8 nitrogen and oxygen atoms in total. The van der Waals surface area contributed by atoms with Crippen LogP contribution < -0.4 is 0 Å². The van der Waals surface area contributed by atoms with E-state index < -0.39 is 42.5 Å². The quantitative estimate of drug-likeness (QED) is 0.430. The zero-order chi connectivity index (χ0) is 17.2. The summed E-state index contributed by atoms with van der Waals surface area (Å²) >= 11 is 0. The van der Waals surface area contributed by atoms with Gasteiger partial charge in [-0.1, -0.05) is 12.8 Å². The molecule has 0 aliphatic rings. The lowest BCUT2D eigenvalue weighted by Crippen LogP contribution is -2.41. The van der Waals surface area contributed by atoms with Gasteiger partial charge in [0.25, 0.3) is 0 Å². The van der Waals surface area contributed by atoms with Crippen molar-refractivity contribution >= 4 is 23.9 Å². The van der Waals surface area contributed by atoms with Crippen LogP contribution in [0.15, 0.2) is 0 Å². The summed E-state index contributed by atoms with van der Waals surface area (Å²) in [6, 6.07) is 0. The molecule has 0 aromatic rings. The van der Waals surface area contributed by atoms with E-state index in [0.29, 0.717) is 19.3 Å². The van der Waals surface area contributed by atoms with Gasteiger partial charge in [-0.3, -0.25) is 19.2 Å². The van der Waals surface area contributed by atoms with Gasteiger partial charge in [0.1, 0.15) is 18.6 Å². The number of carboxylic acid groups (broad SMARTS) is 2. The summed E-state index contributed by atoms with van der Waals surface area (Å²) < 4.78 is 9.58. The standard InChI is InChI=1S/C14H22O8/c1-10(15)21-8-14(13(19)20,9-22-11(2)16)7-5-3-4-6-12(17)18/h3-9H2,1-2H3,(H,17,18)(H,19,20). The summed E-state index contributed by atoms with van der Waals surface area (Å²) in [6.07, 6.45) is 1.48. The Bertz CT molecular complexity index is 397. The topological polar surface area (TPSA) is 127 Å². The summed E-state index contributed by atoms with van der Waals surface area (Å²) in [6.45, 7) is 1.52. The minimum Gasteiger partial charge on any atom is -0.481 e. The van der Waals surface area contributed by atoms with Crippen LogP contribution in [0.25, 0.3) is 0 Å². The number of rotatable bonds is 11. The Morgan fingerprint density at radius 3 is 1.73 bits per heavy atom. The van der Waals surface area contributed by atoms with Crippen molar-refractivity contribution in [3.63, 3.8) is 0 Å². The Balaban J connectivity index is 4.70. The maximum atomic E-state index is 11.5. The lowest BCUT2D eigenvalue weighted by atomic mass is 9.84. The number of ether oxygens (including phenoxy) is 2. The fraction of sp³-hybridized carbons (Fsp3) is 0.714. The van der Waals surface area contributed by atoms with Gasteiger partial charge in [0, 0.05) is 20.3 Å². The van der Waals surface area contributed by atoms with E-state index >= 15 is 0 Å². The van der Waals surface area contributed by atoms with Crippen molar-refractivity contribution in [2.45, 2.75) is 46.0 Å². The van der Waals surface area contributed by atoms with Crippen LogP contribution in [-0.4, -0.2) is 47.3 Å². The molecule has 0 aliphatic heterocycles. The molecule has 0 aliphatic carbocycles. The molecule has 0 fully saturated rings. The lowest BCUT2D eigenvalue weighted by molar-refractivity contribution is -0.167. The van der Waals surface area contributed by atoms with Crippen molar-refractivity contribution < 1.29 is 38.9 Å². The van der Waals surface area contributed by atoms with Gasteiger partial charge in [0.15, 0.2) is 0 Å². The predicted molar refractivity (Wildman–Crippen MR) is 74.1 cm³/mol. The Hall–Kier alpha value is -2.12. The molecule has 0 bridgehead atoms. The first-order valence-electron chi connectivity index (χ1n) is 6.91. The molecule has 0 rings (SSSR count). The van der Waals surface area contributed by atoms with E-state index in [-0.39, 0.29) is 12.8 Å². The van der Waals surface area contributed by atoms with Crippen LogP contribution in [0.1, 0.15) is 46.0 Å². The monoisotopic (exact) mass is 318 g/mol. The number of unbranched alkanes of at least 4 members (excludes halogenated alkanes) is 2. The maximum Gasteiger partial charge on any atom is 0.316 e. The molecule has 8 heteroatoms. The van der Waals surface area contributed by atoms with Crippen LogP contribution in [0, 0.1) is 5.41 Å². The third kappa shape index (κ3) is 8.23. The first-order valence-corrected chi connectivity index (χ1v) is 6.91. The second-order valence-corrected chi connectivity index (χ2v) is 5.10. The van der Waals surface area contributed by atoms with E-state index in [1.807, 2.05) is 0 Å². The van der Waals surface area contributed by atoms with Crippen molar-refractivity contribution in [1.29, 1.82) is 0 Å². The molecule has 0 radical (unpaired) electrons. The highest BCUT2D eigenvalue weighted by Crippen LogP contribution is 2.27. The van der Waals surface area contributed by atoms with Crippen LogP contribution in [0.5, 0.6) is 0 Å². The van der Waals surface area contributed by atoms with E-state index in [1.54, 1.807) is 0 Å². The minimum atomic E-state index is -1.51. The first kappa shape index (κ1) is 19.9. The van der Waals surface area contributed by atoms with Crippen molar-refractivity contribution in [2.75, 3.05) is 13.2 Å². The Morgan fingerprint density at radius 1 is 0.864 bits per heavy atom. The number of esters is 2. The van der Waals surface area contributed by atoms with Gasteiger partial charge >= 0.3 is 23.9 Å². The van der Waals surface area contributed by atoms with Gasteiger partial charge in [0.05, 0.1) is 0 Å². The molecule has 0 aromatic carbocycles. The largest absolute Gasteiger partial charge is 0.481 e. The smallest absolute Gasteiger partial charge is 0.316 e. The highest BCUT2D eigenvalue weighted by Gasteiger charge is 2.41. The summed E-state index contributed by atoms with van der Waals surface area (Å²) in [5.74, 6) is -3.39. The summed E-state index contributed by atoms with van der Waals surface area (Å²) in [5, 5.41) is 18.0. The maximum absolute atomic E-state index is 11.5.